The van der Waals surface area contributed by atoms with Gasteiger partial charge in [-0.15, -0.1) is 0 Å². The normalized spacial score (nSPS) is 13.8. The van der Waals surface area contributed by atoms with Gasteiger partial charge in [0.2, 0.25) is 5.91 Å². The Morgan fingerprint density at radius 1 is 1.42 bits per heavy atom. The second kappa shape index (κ2) is 6.40. The van der Waals surface area contributed by atoms with Crippen LogP contribution in [-0.2, 0) is 30.8 Å². The lowest BCUT2D eigenvalue weighted by Crippen LogP contribution is -2.28. The lowest BCUT2D eigenvalue weighted by molar-refractivity contribution is -0.121. The first-order chi connectivity index (χ1) is 11.8. The predicted molar refractivity (Wildman–Crippen MR) is 87.1 cm³/mol. The Morgan fingerprint density at radius 3 is 3.29 bits per heavy atom. The molecule has 2 N–H and O–H groups in total. The van der Waals surface area contributed by atoms with Crippen molar-refractivity contribution in [2.75, 3.05) is 6.54 Å². The monoisotopic (exact) mass is 325 g/mol. The summed E-state index contributed by atoms with van der Waals surface area (Å²) < 4.78 is 3.72. The first-order valence-corrected chi connectivity index (χ1v) is 8.10. The van der Waals surface area contributed by atoms with Gasteiger partial charge in [0.05, 0.1) is 24.1 Å². The molecule has 1 amide bonds. The van der Waals surface area contributed by atoms with Gasteiger partial charge in [-0.25, -0.2) is 9.50 Å². The van der Waals surface area contributed by atoms with E-state index in [2.05, 4.69) is 31.9 Å². The number of nitrogens with zero attached hydrogens (tertiary/aromatic N) is 5. The van der Waals surface area contributed by atoms with Crippen LogP contribution in [0.15, 0.2) is 30.7 Å². The molecule has 0 spiro atoms. The fourth-order valence-corrected chi connectivity index (χ4v) is 2.90. The number of aryl methyl sites for hydroxylation is 1. The maximum Gasteiger partial charge on any atom is 0.220 e. The lowest BCUT2D eigenvalue weighted by atomic mass is 10.2. The van der Waals surface area contributed by atoms with Gasteiger partial charge in [-0.2, -0.15) is 10.2 Å². The molecule has 3 aromatic rings. The van der Waals surface area contributed by atoms with E-state index in [1.807, 2.05) is 16.9 Å². The van der Waals surface area contributed by atoms with Crippen molar-refractivity contribution < 1.29 is 4.79 Å². The summed E-state index contributed by atoms with van der Waals surface area (Å²) in [6, 6.07) is 3.90. The molecule has 3 aromatic heterocycles. The van der Waals surface area contributed by atoms with Crippen LogP contribution in [0.3, 0.4) is 0 Å². The molecule has 0 unspecified atom stereocenters. The Hall–Kier alpha value is -2.74. The molecule has 0 saturated carbocycles. The van der Waals surface area contributed by atoms with Crippen LogP contribution in [0.1, 0.15) is 23.4 Å². The van der Waals surface area contributed by atoms with Gasteiger partial charge in [0.1, 0.15) is 0 Å². The van der Waals surface area contributed by atoms with Gasteiger partial charge in [-0.05, 0) is 12.1 Å². The number of rotatable bonds is 5. The van der Waals surface area contributed by atoms with Crippen LogP contribution < -0.4 is 10.6 Å². The molecule has 4 heterocycles. The number of aromatic nitrogens is 5. The van der Waals surface area contributed by atoms with Gasteiger partial charge in [0.25, 0.3) is 0 Å². The Morgan fingerprint density at radius 2 is 2.38 bits per heavy atom. The Balaban J connectivity index is 1.31. The molecular weight excluding hydrogens is 306 g/mol. The van der Waals surface area contributed by atoms with Crippen molar-refractivity contribution in [2.24, 2.45) is 0 Å². The van der Waals surface area contributed by atoms with Crippen LogP contribution in [0.4, 0.5) is 0 Å². The summed E-state index contributed by atoms with van der Waals surface area (Å²) in [5, 5.41) is 15.0. The summed E-state index contributed by atoms with van der Waals surface area (Å²) in [6.45, 7) is 3.12. The highest BCUT2D eigenvalue weighted by Gasteiger charge is 2.13. The first-order valence-electron chi connectivity index (χ1n) is 8.10. The van der Waals surface area contributed by atoms with E-state index in [1.54, 1.807) is 16.9 Å². The summed E-state index contributed by atoms with van der Waals surface area (Å²) in [4.78, 5) is 16.4. The van der Waals surface area contributed by atoms with Crippen LogP contribution in [-0.4, -0.2) is 36.8 Å². The standard InChI is InChI=1S/C16H19N7O/c24-15(3-2-13-8-14-11-17-5-7-22(14)21-13)19-9-12-10-20-23-6-1-4-18-16(12)23/h1,4,6,8,10,17H,2-3,5,7,9,11H2,(H,19,24). The number of hydrogen-bond donors (Lipinski definition) is 2. The van der Waals surface area contributed by atoms with E-state index >= 15 is 0 Å². The van der Waals surface area contributed by atoms with E-state index in [0.29, 0.717) is 19.4 Å². The summed E-state index contributed by atoms with van der Waals surface area (Å²) >= 11 is 0. The Kier molecular flexibility index (Phi) is 3.96. The van der Waals surface area contributed by atoms with Crippen molar-refractivity contribution in [1.82, 2.24) is 35.0 Å². The van der Waals surface area contributed by atoms with Crippen LogP contribution >= 0.6 is 0 Å². The highest BCUT2D eigenvalue weighted by Crippen LogP contribution is 2.10. The average molecular weight is 325 g/mol. The third-order valence-corrected chi connectivity index (χ3v) is 4.16. The first kappa shape index (κ1) is 14.8. The molecule has 8 heteroatoms. The Labute approximate surface area is 138 Å². The van der Waals surface area contributed by atoms with Crippen LogP contribution in [0.2, 0.25) is 0 Å². The molecule has 4 rings (SSSR count). The maximum atomic E-state index is 12.1. The van der Waals surface area contributed by atoms with E-state index in [0.717, 1.165) is 36.5 Å². The molecule has 0 aromatic carbocycles. The van der Waals surface area contributed by atoms with Crippen molar-refractivity contribution in [2.45, 2.75) is 32.5 Å². The van der Waals surface area contributed by atoms with E-state index in [1.165, 1.54) is 5.69 Å². The van der Waals surface area contributed by atoms with Gasteiger partial charge in [-0.3, -0.25) is 9.48 Å². The van der Waals surface area contributed by atoms with Gasteiger partial charge >= 0.3 is 0 Å². The fourth-order valence-electron chi connectivity index (χ4n) is 2.90. The van der Waals surface area contributed by atoms with Crippen molar-refractivity contribution in [3.8, 4) is 0 Å². The minimum atomic E-state index is 0.00868. The highest BCUT2D eigenvalue weighted by molar-refractivity contribution is 5.76. The molecule has 0 atom stereocenters. The third kappa shape index (κ3) is 3.00. The molecule has 1 aliphatic rings. The largest absolute Gasteiger partial charge is 0.352 e. The van der Waals surface area contributed by atoms with Gasteiger partial charge in [0, 0.05) is 50.4 Å². The zero-order chi connectivity index (χ0) is 16.4. The van der Waals surface area contributed by atoms with Gasteiger partial charge in [0.15, 0.2) is 5.65 Å². The van der Waals surface area contributed by atoms with E-state index in [9.17, 15) is 4.79 Å². The zero-order valence-corrected chi connectivity index (χ0v) is 13.3. The summed E-state index contributed by atoms with van der Waals surface area (Å²) in [5.41, 5.74) is 3.84. The van der Waals surface area contributed by atoms with Crippen molar-refractivity contribution in [1.29, 1.82) is 0 Å². The minimum absolute atomic E-state index is 0.00868. The van der Waals surface area contributed by atoms with Crippen molar-refractivity contribution in [3.05, 3.63) is 47.7 Å². The topological polar surface area (TPSA) is 89.1 Å². The maximum absolute atomic E-state index is 12.1. The molecule has 0 aliphatic carbocycles. The minimum Gasteiger partial charge on any atom is -0.352 e. The average Bonchev–Trinajstić information content (AvgIpc) is 3.21. The number of amides is 1. The zero-order valence-electron chi connectivity index (χ0n) is 13.3. The summed E-state index contributed by atoms with van der Waals surface area (Å²) in [6.07, 6.45) is 6.37. The quantitative estimate of drug-likeness (QED) is 0.703. The molecule has 0 radical (unpaired) electrons. The third-order valence-electron chi connectivity index (χ3n) is 4.16. The van der Waals surface area contributed by atoms with Crippen molar-refractivity contribution >= 4 is 11.6 Å². The van der Waals surface area contributed by atoms with Gasteiger partial charge in [-0.1, -0.05) is 0 Å². The number of hydrogen-bond acceptors (Lipinski definition) is 5. The SMILES string of the molecule is O=C(CCc1cc2n(n1)CCNC2)NCc1cnn2cccnc12. The van der Waals surface area contributed by atoms with E-state index < -0.39 is 0 Å². The molecule has 0 bridgehead atoms. The molecule has 124 valence electrons. The molecule has 0 saturated heterocycles. The number of carbonyl (C=O) groups excluding carboxylic acids is 1. The predicted octanol–water partition coefficient (Wildman–Crippen LogP) is 0.278. The smallest absolute Gasteiger partial charge is 0.220 e. The number of nitrogens with one attached hydrogen (secondary N) is 2. The van der Waals surface area contributed by atoms with Crippen molar-refractivity contribution in [3.63, 3.8) is 0 Å². The highest BCUT2D eigenvalue weighted by atomic mass is 16.1. The second-order valence-electron chi connectivity index (χ2n) is 5.86. The molecule has 24 heavy (non-hydrogen) atoms. The fraction of sp³-hybridized carbons (Fsp3) is 0.375. The Bertz CT molecular complexity index is 843. The molecule has 8 nitrogen and oxygen atoms in total. The number of carbonyl (C=O) groups is 1. The number of fused-ring (bicyclic) bond motifs is 2. The van der Waals surface area contributed by atoms with Crippen LogP contribution in [0, 0.1) is 0 Å². The second-order valence-corrected chi connectivity index (χ2v) is 5.86. The lowest BCUT2D eigenvalue weighted by Gasteiger charge is -2.13. The van der Waals surface area contributed by atoms with E-state index in [4.69, 9.17) is 0 Å². The molecular formula is C16H19N7O. The summed E-state index contributed by atoms with van der Waals surface area (Å²) in [7, 11) is 0. The molecule has 0 fully saturated rings. The van der Waals surface area contributed by atoms with Crippen LogP contribution in [0.5, 0.6) is 0 Å². The van der Waals surface area contributed by atoms with Crippen LogP contribution in [0.25, 0.3) is 5.65 Å². The van der Waals surface area contributed by atoms with E-state index in [-0.39, 0.29) is 5.91 Å². The molecule has 1 aliphatic heterocycles. The van der Waals surface area contributed by atoms with Gasteiger partial charge < -0.3 is 10.6 Å². The summed E-state index contributed by atoms with van der Waals surface area (Å²) in [5.74, 6) is 0.00868.